The van der Waals surface area contributed by atoms with Crippen molar-refractivity contribution in [2.24, 2.45) is 5.92 Å². The highest BCUT2D eigenvalue weighted by atomic mass is 16.5. The van der Waals surface area contributed by atoms with Gasteiger partial charge in [0, 0.05) is 18.0 Å². The molecule has 1 N–H and O–H groups in total. The van der Waals surface area contributed by atoms with E-state index < -0.39 is 0 Å². The molecule has 0 unspecified atom stereocenters. The Bertz CT molecular complexity index is 382. The molecule has 0 fully saturated rings. The van der Waals surface area contributed by atoms with Crippen LogP contribution in [-0.4, -0.2) is 29.7 Å². The van der Waals surface area contributed by atoms with E-state index in [4.69, 9.17) is 4.74 Å². The van der Waals surface area contributed by atoms with E-state index >= 15 is 0 Å². The molecule has 0 aliphatic heterocycles. The molecule has 1 aromatic heterocycles. The van der Waals surface area contributed by atoms with Crippen molar-refractivity contribution in [2.45, 2.75) is 54.1 Å². The highest BCUT2D eigenvalue weighted by Gasteiger charge is 2.08. The molecule has 0 aromatic carbocycles. The second-order valence-electron chi connectivity index (χ2n) is 5.63. The Morgan fingerprint density at radius 3 is 2.35 bits per heavy atom. The monoisotopic (exact) mass is 279 g/mol. The maximum atomic E-state index is 5.37. The first-order valence-electron chi connectivity index (χ1n) is 7.66. The van der Waals surface area contributed by atoms with Crippen LogP contribution < -0.4 is 5.32 Å². The van der Waals surface area contributed by atoms with Gasteiger partial charge in [-0.25, -0.2) is 9.97 Å². The molecular weight excluding hydrogens is 250 g/mol. The van der Waals surface area contributed by atoms with Gasteiger partial charge in [-0.1, -0.05) is 13.8 Å². The molecular formula is C16H29N3O. The van der Waals surface area contributed by atoms with Crippen LogP contribution in [0.2, 0.25) is 0 Å². The quantitative estimate of drug-likeness (QED) is 0.706. The Kier molecular flexibility index (Phi) is 7.70. The first kappa shape index (κ1) is 17.1. The Morgan fingerprint density at radius 2 is 1.80 bits per heavy atom. The number of aryl methyl sites for hydroxylation is 2. The average Bonchev–Trinajstić information content (AvgIpc) is 2.38. The van der Waals surface area contributed by atoms with Gasteiger partial charge in [0.2, 0.25) is 0 Å². The summed E-state index contributed by atoms with van der Waals surface area (Å²) in [7, 11) is 0. The molecule has 1 aromatic rings. The number of aromatic nitrogens is 2. The molecule has 0 aliphatic rings. The molecule has 1 heterocycles. The van der Waals surface area contributed by atoms with Crippen molar-refractivity contribution in [1.82, 2.24) is 15.3 Å². The number of ether oxygens (including phenoxy) is 1. The summed E-state index contributed by atoms with van der Waals surface area (Å²) < 4.78 is 5.37. The summed E-state index contributed by atoms with van der Waals surface area (Å²) in [5.41, 5.74) is 3.48. The lowest BCUT2D eigenvalue weighted by Crippen LogP contribution is -2.21. The van der Waals surface area contributed by atoms with Gasteiger partial charge in [0.25, 0.3) is 0 Å². The lowest BCUT2D eigenvalue weighted by atomic mass is 10.1. The molecule has 0 radical (unpaired) electrons. The predicted octanol–water partition coefficient (Wildman–Crippen LogP) is 2.81. The van der Waals surface area contributed by atoms with Gasteiger partial charge >= 0.3 is 0 Å². The standard InChI is InChI=1S/C16H29N3O/c1-6-20-11-16-18-13(4)15(14(5)19-16)8-7-9-17-10-12(2)3/h12,17H,6-11H2,1-5H3. The summed E-state index contributed by atoms with van der Waals surface area (Å²) in [5.74, 6) is 1.50. The maximum Gasteiger partial charge on any atom is 0.154 e. The predicted molar refractivity (Wildman–Crippen MR) is 82.9 cm³/mol. The molecule has 0 bridgehead atoms. The summed E-state index contributed by atoms with van der Waals surface area (Å²) in [6, 6.07) is 0. The van der Waals surface area contributed by atoms with Crippen molar-refractivity contribution >= 4 is 0 Å². The van der Waals surface area contributed by atoms with Gasteiger partial charge in [0.05, 0.1) is 0 Å². The Hall–Kier alpha value is -1.00. The van der Waals surface area contributed by atoms with Gasteiger partial charge in [-0.05, 0) is 58.2 Å². The van der Waals surface area contributed by atoms with Gasteiger partial charge in [-0.3, -0.25) is 0 Å². The lowest BCUT2D eigenvalue weighted by molar-refractivity contribution is 0.128. The second-order valence-corrected chi connectivity index (χ2v) is 5.63. The van der Waals surface area contributed by atoms with Crippen LogP contribution >= 0.6 is 0 Å². The van der Waals surface area contributed by atoms with Crippen LogP contribution in [0.3, 0.4) is 0 Å². The largest absolute Gasteiger partial charge is 0.374 e. The third-order valence-corrected chi connectivity index (χ3v) is 3.24. The topological polar surface area (TPSA) is 47.0 Å². The summed E-state index contributed by atoms with van der Waals surface area (Å²) >= 11 is 0. The number of nitrogens with one attached hydrogen (secondary N) is 1. The van der Waals surface area contributed by atoms with Crippen molar-refractivity contribution in [1.29, 1.82) is 0 Å². The zero-order chi connectivity index (χ0) is 15.0. The summed E-state index contributed by atoms with van der Waals surface area (Å²) in [6.07, 6.45) is 2.17. The third-order valence-electron chi connectivity index (χ3n) is 3.24. The Morgan fingerprint density at radius 1 is 1.15 bits per heavy atom. The van der Waals surface area contributed by atoms with E-state index in [1.165, 1.54) is 5.56 Å². The van der Waals surface area contributed by atoms with Crippen LogP contribution in [0.5, 0.6) is 0 Å². The van der Waals surface area contributed by atoms with Crippen LogP contribution in [0.1, 0.15) is 50.0 Å². The zero-order valence-corrected chi connectivity index (χ0v) is 13.6. The first-order valence-corrected chi connectivity index (χ1v) is 7.66. The van der Waals surface area contributed by atoms with E-state index in [-0.39, 0.29) is 0 Å². The molecule has 0 aliphatic carbocycles. The highest BCUT2D eigenvalue weighted by Crippen LogP contribution is 2.13. The van der Waals surface area contributed by atoms with Gasteiger partial charge < -0.3 is 10.1 Å². The number of hydrogen-bond donors (Lipinski definition) is 1. The average molecular weight is 279 g/mol. The van der Waals surface area contributed by atoms with E-state index in [1.54, 1.807) is 0 Å². The van der Waals surface area contributed by atoms with Gasteiger partial charge in [0.1, 0.15) is 6.61 Å². The molecule has 4 nitrogen and oxygen atoms in total. The highest BCUT2D eigenvalue weighted by molar-refractivity contribution is 5.24. The molecule has 0 saturated carbocycles. The minimum Gasteiger partial charge on any atom is -0.374 e. The van der Waals surface area contributed by atoms with Crippen LogP contribution in [0.4, 0.5) is 0 Å². The molecule has 0 amide bonds. The number of hydrogen-bond acceptors (Lipinski definition) is 4. The van der Waals surface area contributed by atoms with Crippen molar-refractivity contribution in [3.8, 4) is 0 Å². The van der Waals surface area contributed by atoms with E-state index in [0.29, 0.717) is 19.1 Å². The van der Waals surface area contributed by atoms with Crippen LogP contribution in [0.25, 0.3) is 0 Å². The fourth-order valence-corrected chi connectivity index (χ4v) is 2.21. The lowest BCUT2D eigenvalue weighted by Gasteiger charge is -2.12. The van der Waals surface area contributed by atoms with E-state index in [1.807, 2.05) is 6.92 Å². The van der Waals surface area contributed by atoms with E-state index in [0.717, 1.165) is 43.1 Å². The minimum absolute atomic E-state index is 0.508. The van der Waals surface area contributed by atoms with Crippen molar-refractivity contribution in [2.75, 3.05) is 19.7 Å². The SMILES string of the molecule is CCOCc1nc(C)c(CCCNCC(C)C)c(C)n1. The fraction of sp³-hybridized carbons (Fsp3) is 0.750. The number of nitrogens with zero attached hydrogens (tertiary/aromatic N) is 2. The maximum absolute atomic E-state index is 5.37. The van der Waals surface area contributed by atoms with E-state index in [9.17, 15) is 0 Å². The van der Waals surface area contributed by atoms with Crippen LogP contribution in [0, 0.1) is 19.8 Å². The molecule has 20 heavy (non-hydrogen) atoms. The van der Waals surface area contributed by atoms with Gasteiger partial charge in [-0.2, -0.15) is 0 Å². The molecule has 1 rings (SSSR count). The summed E-state index contributed by atoms with van der Waals surface area (Å²) in [5, 5.41) is 3.47. The number of rotatable bonds is 9. The molecule has 114 valence electrons. The van der Waals surface area contributed by atoms with Gasteiger partial charge in [0.15, 0.2) is 5.82 Å². The Labute approximate surface area is 123 Å². The molecule has 4 heteroatoms. The fourth-order valence-electron chi connectivity index (χ4n) is 2.21. The zero-order valence-electron chi connectivity index (χ0n) is 13.6. The van der Waals surface area contributed by atoms with Crippen LogP contribution in [-0.2, 0) is 17.8 Å². The normalized spacial score (nSPS) is 11.3. The van der Waals surface area contributed by atoms with Crippen molar-refractivity contribution in [3.05, 3.63) is 22.8 Å². The smallest absolute Gasteiger partial charge is 0.154 e. The molecule has 0 atom stereocenters. The summed E-state index contributed by atoms with van der Waals surface area (Å²) in [4.78, 5) is 9.08. The summed E-state index contributed by atoms with van der Waals surface area (Å²) in [6.45, 7) is 13.9. The minimum atomic E-state index is 0.508. The van der Waals surface area contributed by atoms with Gasteiger partial charge in [-0.15, -0.1) is 0 Å². The van der Waals surface area contributed by atoms with E-state index in [2.05, 4.69) is 43.0 Å². The van der Waals surface area contributed by atoms with Crippen LogP contribution in [0.15, 0.2) is 0 Å². The van der Waals surface area contributed by atoms with Crippen molar-refractivity contribution in [3.63, 3.8) is 0 Å². The van der Waals surface area contributed by atoms with Crippen molar-refractivity contribution < 1.29 is 4.74 Å². The first-order chi connectivity index (χ1) is 9.54. The Balaban J connectivity index is 2.49. The second kappa shape index (κ2) is 9.03. The third kappa shape index (κ3) is 5.97. The molecule has 0 spiro atoms. The molecule has 0 saturated heterocycles.